The van der Waals surface area contributed by atoms with Crippen LogP contribution in [0, 0.1) is 0 Å². The molecule has 0 aromatic carbocycles. The summed E-state index contributed by atoms with van der Waals surface area (Å²) in [6.45, 7) is 9.76. The van der Waals surface area contributed by atoms with Gasteiger partial charge in [-0.15, -0.1) is 0 Å². The monoisotopic (exact) mass is 205 g/mol. The largest absolute Gasteiger partial charge is 0.434 e. The normalized spacial score (nSPS) is 9.57. The Labute approximate surface area is 84.0 Å². The van der Waals surface area contributed by atoms with Crippen molar-refractivity contribution in [1.82, 2.24) is 0 Å². The second-order valence-corrected chi connectivity index (χ2v) is 2.02. The van der Waals surface area contributed by atoms with Gasteiger partial charge in [-0.05, 0) is 6.42 Å². The molecule has 0 atom stereocenters. The van der Waals surface area contributed by atoms with Crippen LogP contribution in [0.2, 0.25) is 0 Å². The van der Waals surface area contributed by atoms with E-state index in [-0.39, 0.29) is 5.76 Å². The molecule has 0 heterocycles. The molecule has 0 saturated heterocycles. The van der Waals surface area contributed by atoms with E-state index in [9.17, 15) is 8.78 Å². The van der Waals surface area contributed by atoms with Crippen molar-refractivity contribution in [2.75, 3.05) is 0 Å². The van der Waals surface area contributed by atoms with Gasteiger partial charge in [0.2, 0.25) is 0 Å². The quantitative estimate of drug-likeness (QED) is 0.494. The number of hydrogen-bond donors (Lipinski definition) is 0. The predicted octanol–water partition coefficient (Wildman–Crippen LogP) is 3.76. The van der Waals surface area contributed by atoms with Crippen molar-refractivity contribution < 1.29 is 13.5 Å². The maximum Gasteiger partial charge on any atom is 0.387 e. The summed E-state index contributed by atoms with van der Waals surface area (Å²) in [6, 6.07) is 0. The van der Waals surface area contributed by atoms with Crippen LogP contribution in [0.1, 0.15) is 27.2 Å². The standard InChI is InChI=1S/C8H11F2NO.C2H6/c1-4-6(2)11-5-7(3)12-8(9)10;1-2/h5,8H,2-4H2,1H3;1-2H3. The molecule has 0 aliphatic rings. The highest BCUT2D eigenvalue weighted by Gasteiger charge is 2.01. The van der Waals surface area contributed by atoms with Crippen LogP contribution in [0.25, 0.3) is 0 Å². The highest BCUT2D eigenvalue weighted by atomic mass is 19.3. The molecule has 0 fully saturated rings. The van der Waals surface area contributed by atoms with Crippen LogP contribution in [-0.4, -0.2) is 12.8 Å². The fourth-order valence-corrected chi connectivity index (χ4v) is 0.399. The van der Waals surface area contributed by atoms with E-state index in [1.807, 2.05) is 20.8 Å². The van der Waals surface area contributed by atoms with Crippen molar-refractivity contribution in [1.29, 1.82) is 0 Å². The first-order chi connectivity index (χ1) is 6.56. The second kappa shape index (κ2) is 9.89. The molecule has 0 aromatic heterocycles. The lowest BCUT2D eigenvalue weighted by Gasteiger charge is -2.01. The fourth-order valence-electron chi connectivity index (χ4n) is 0.399. The highest BCUT2D eigenvalue weighted by molar-refractivity contribution is 5.75. The van der Waals surface area contributed by atoms with Crippen molar-refractivity contribution in [2.24, 2.45) is 4.99 Å². The Hall–Kier alpha value is -1.19. The average Bonchev–Trinajstić information content (AvgIpc) is 2.16. The lowest BCUT2D eigenvalue weighted by molar-refractivity contribution is -0.0887. The summed E-state index contributed by atoms with van der Waals surface area (Å²) in [6.07, 6.45) is 1.79. The van der Waals surface area contributed by atoms with Crippen LogP contribution in [0.4, 0.5) is 8.78 Å². The van der Waals surface area contributed by atoms with E-state index in [1.165, 1.54) is 0 Å². The van der Waals surface area contributed by atoms with E-state index >= 15 is 0 Å². The van der Waals surface area contributed by atoms with E-state index in [2.05, 4.69) is 22.9 Å². The SMILES string of the molecule is C=C(CC)N=CC(=C)OC(F)F.CC. The number of hydrogen-bond acceptors (Lipinski definition) is 2. The van der Waals surface area contributed by atoms with Crippen molar-refractivity contribution in [3.63, 3.8) is 0 Å². The molecule has 0 saturated carbocycles. The van der Waals surface area contributed by atoms with Gasteiger partial charge in [-0.25, -0.2) is 0 Å². The summed E-state index contributed by atoms with van der Waals surface area (Å²) in [7, 11) is 0. The van der Waals surface area contributed by atoms with Crippen LogP contribution in [0.15, 0.2) is 29.6 Å². The van der Waals surface area contributed by atoms with Gasteiger partial charge in [0.25, 0.3) is 0 Å². The van der Waals surface area contributed by atoms with Gasteiger partial charge >= 0.3 is 6.61 Å². The molecule has 4 heteroatoms. The zero-order chi connectivity index (χ0) is 11.6. The van der Waals surface area contributed by atoms with Gasteiger partial charge in [-0.2, -0.15) is 8.78 Å². The molecular weight excluding hydrogens is 188 g/mol. The first-order valence-corrected chi connectivity index (χ1v) is 4.41. The second-order valence-electron chi connectivity index (χ2n) is 2.02. The topological polar surface area (TPSA) is 21.6 Å². The number of halogens is 2. The molecule has 82 valence electrons. The molecule has 0 aliphatic carbocycles. The van der Waals surface area contributed by atoms with Gasteiger partial charge in [-0.1, -0.05) is 33.9 Å². The first-order valence-electron chi connectivity index (χ1n) is 4.41. The van der Waals surface area contributed by atoms with E-state index in [1.54, 1.807) is 0 Å². The third-order valence-electron chi connectivity index (χ3n) is 1.04. The van der Waals surface area contributed by atoms with Gasteiger partial charge in [0.15, 0.2) is 0 Å². The number of rotatable bonds is 5. The fraction of sp³-hybridized carbons (Fsp3) is 0.500. The maximum absolute atomic E-state index is 11.5. The number of alkyl halides is 2. The summed E-state index contributed by atoms with van der Waals surface area (Å²) in [5.74, 6) is -0.167. The minimum absolute atomic E-state index is 0.167. The molecule has 2 nitrogen and oxygen atoms in total. The van der Waals surface area contributed by atoms with E-state index < -0.39 is 6.61 Å². The molecular formula is C10H17F2NO. The van der Waals surface area contributed by atoms with Crippen molar-refractivity contribution in [3.8, 4) is 0 Å². The molecule has 0 N–H and O–H groups in total. The van der Waals surface area contributed by atoms with Gasteiger partial charge in [0.1, 0.15) is 5.76 Å². The minimum atomic E-state index is -2.85. The number of aliphatic imine (C=N–C) groups is 1. The van der Waals surface area contributed by atoms with Crippen molar-refractivity contribution in [3.05, 3.63) is 24.6 Å². The highest BCUT2D eigenvalue weighted by Crippen LogP contribution is 2.03. The molecule has 0 aliphatic heterocycles. The molecule has 14 heavy (non-hydrogen) atoms. The molecule has 0 amide bonds. The average molecular weight is 205 g/mol. The van der Waals surface area contributed by atoms with Crippen molar-refractivity contribution in [2.45, 2.75) is 33.8 Å². The summed E-state index contributed by atoms with van der Waals surface area (Å²) in [5.41, 5.74) is 0.592. The Morgan fingerprint density at radius 1 is 1.43 bits per heavy atom. The first kappa shape index (κ1) is 15.3. The van der Waals surface area contributed by atoms with Crippen LogP contribution >= 0.6 is 0 Å². The van der Waals surface area contributed by atoms with Gasteiger partial charge in [0.05, 0.1) is 6.21 Å². The zero-order valence-electron chi connectivity index (χ0n) is 8.89. The molecule has 0 radical (unpaired) electrons. The summed E-state index contributed by atoms with van der Waals surface area (Å²) in [5, 5.41) is 0. The van der Waals surface area contributed by atoms with E-state index in [0.29, 0.717) is 12.1 Å². The Morgan fingerprint density at radius 3 is 2.29 bits per heavy atom. The Kier molecular flexibility index (Phi) is 10.8. The van der Waals surface area contributed by atoms with E-state index in [0.717, 1.165) is 6.21 Å². The van der Waals surface area contributed by atoms with Crippen LogP contribution in [-0.2, 0) is 4.74 Å². The number of allylic oxidation sites excluding steroid dienone is 2. The Balaban J connectivity index is 0. The Morgan fingerprint density at radius 2 is 1.93 bits per heavy atom. The smallest absolute Gasteiger partial charge is 0.387 e. The van der Waals surface area contributed by atoms with Crippen molar-refractivity contribution >= 4 is 6.21 Å². The summed E-state index contributed by atoms with van der Waals surface area (Å²) in [4.78, 5) is 3.72. The van der Waals surface area contributed by atoms with E-state index in [4.69, 9.17) is 0 Å². The lowest BCUT2D eigenvalue weighted by atomic mass is 10.4. The van der Waals surface area contributed by atoms with Gasteiger partial charge in [-0.3, -0.25) is 4.99 Å². The molecule has 0 aromatic rings. The summed E-state index contributed by atoms with van der Waals surface area (Å²) < 4.78 is 27.0. The van der Waals surface area contributed by atoms with Crippen LogP contribution in [0.5, 0.6) is 0 Å². The van der Waals surface area contributed by atoms with Crippen LogP contribution in [0.3, 0.4) is 0 Å². The summed E-state index contributed by atoms with van der Waals surface area (Å²) >= 11 is 0. The van der Waals surface area contributed by atoms with Crippen LogP contribution < -0.4 is 0 Å². The number of ether oxygens (including phenoxy) is 1. The van der Waals surface area contributed by atoms with Gasteiger partial charge in [0, 0.05) is 5.70 Å². The number of nitrogens with zero attached hydrogens (tertiary/aromatic N) is 1. The predicted molar refractivity (Wildman–Crippen MR) is 55.5 cm³/mol. The third kappa shape index (κ3) is 10.8. The third-order valence-corrected chi connectivity index (χ3v) is 1.04. The van der Waals surface area contributed by atoms with Gasteiger partial charge < -0.3 is 4.74 Å². The molecule has 0 spiro atoms. The maximum atomic E-state index is 11.5. The Bertz CT molecular complexity index is 200. The zero-order valence-corrected chi connectivity index (χ0v) is 8.89. The molecule has 0 unspecified atom stereocenters. The molecule has 0 rings (SSSR count). The molecule has 0 bridgehead atoms. The minimum Gasteiger partial charge on any atom is -0.434 e. The lowest BCUT2D eigenvalue weighted by Crippen LogP contribution is -1.98.